The third-order valence-electron chi connectivity index (χ3n) is 2.97. The van der Waals surface area contributed by atoms with Crippen molar-refractivity contribution in [3.8, 4) is 0 Å². The number of alkyl halides is 1. The number of halogens is 1. The summed E-state index contributed by atoms with van der Waals surface area (Å²) in [4.78, 5) is 23.2. The lowest BCUT2D eigenvalue weighted by Gasteiger charge is -2.21. The van der Waals surface area contributed by atoms with Crippen molar-refractivity contribution in [2.24, 2.45) is 5.92 Å². The third-order valence-corrected chi connectivity index (χ3v) is 3.08. The van der Waals surface area contributed by atoms with Crippen molar-refractivity contribution in [3.63, 3.8) is 0 Å². The first-order chi connectivity index (χ1) is 8.54. The average Bonchev–Trinajstić information content (AvgIpc) is 2.78. The maximum absolute atomic E-state index is 11.6. The molecule has 0 saturated heterocycles. The second-order valence-electron chi connectivity index (χ2n) is 4.75. The van der Waals surface area contributed by atoms with E-state index in [2.05, 4.69) is 5.32 Å². The van der Waals surface area contributed by atoms with Gasteiger partial charge in [0.1, 0.15) is 12.1 Å². The van der Waals surface area contributed by atoms with Crippen LogP contribution in [0.3, 0.4) is 0 Å². The van der Waals surface area contributed by atoms with Crippen LogP contribution in [0.25, 0.3) is 0 Å². The molecule has 5 nitrogen and oxygen atoms in total. The van der Waals surface area contributed by atoms with E-state index >= 15 is 0 Å². The monoisotopic (exact) mass is 277 g/mol. The van der Waals surface area contributed by atoms with E-state index in [0.717, 1.165) is 25.7 Å². The summed E-state index contributed by atoms with van der Waals surface area (Å²) in [5, 5.41) is 2.53. The highest BCUT2D eigenvalue weighted by Crippen LogP contribution is 2.21. The molecule has 1 amide bonds. The van der Waals surface area contributed by atoms with Gasteiger partial charge in [0, 0.05) is 0 Å². The second kappa shape index (κ2) is 7.46. The molecule has 0 aliphatic heterocycles. The molecule has 0 aromatic rings. The zero-order chi connectivity index (χ0) is 13.5. The summed E-state index contributed by atoms with van der Waals surface area (Å²) in [6, 6.07) is -0.945. The van der Waals surface area contributed by atoms with Gasteiger partial charge < -0.3 is 14.8 Å². The Hall–Kier alpha value is -0.970. The number of hydrogen-bond acceptors (Lipinski definition) is 4. The highest BCUT2D eigenvalue weighted by atomic mass is 35.5. The molecule has 0 aromatic heterocycles. The Morgan fingerprint density at radius 1 is 1.33 bits per heavy atom. The molecular formula is C12H20ClNO4. The molecule has 1 saturated carbocycles. The molecule has 0 bridgehead atoms. The zero-order valence-corrected chi connectivity index (χ0v) is 11.5. The summed E-state index contributed by atoms with van der Waals surface area (Å²) in [6.07, 6.45) is 3.37. The number of esters is 1. The predicted octanol–water partition coefficient (Wildman–Crippen LogP) is 2.42. The van der Waals surface area contributed by atoms with Crippen LogP contribution in [0.2, 0.25) is 0 Å². The SMILES string of the molecule is CC(C)[C@H](NC(=O)OC1CCCC1)C(=O)OCCl. The molecule has 6 heteroatoms. The van der Waals surface area contributed by atoms with Crippen LogP contribution in [0.4, 0.5) is 4.79 Å². The van der Waals surface area contributed by atoms with E-state index in [1.807, 2.05) is 13.8 Å². The fourth-order valence-electron chi connectivity index (χ4n) is 1.96. The van der Waals surface area contributed by atoms with E-state index in [4.69, 9.17) is 21.1 Å². The molecule has 0 heterocycles. The Kier molecular flexibility index (Phi) is 6.25. The first-order valence-corrected chi connectivity index (χ1v) is 6.77. The van der Waals surface area contributed by atoms with Crippen LogP contribution in [-0.4, -0.2) is 30.3 Å². The molecule has 0 aromatic carbocycles. The van der Waals surface area contributed by atoms with Gasteiger partial charge >= 0.3 is 12.1 Å². The van der Waals surface area contributed by atoms with Crippen molar-refractivity contribution in [1.82, 2.24) is 5.32 Å². The molecular weight excluding hydrogens is 258 g/mol. The summed E-state index contributed by atoms with van der Waals surface area (Å²) in [5.74, 6) is -0.625. The van der Waals surface area contributed by atoms with Crippen molar-refractivity contribution >= 4 is 23.7 Å². The van der Waals surface area contributed by atoms with E-state index < -0.39 is 18.1 Å². The highest BCUT2D eigenvalue weighted by molar-refractivity contribution is 6.17. The standard InChI is InChI=1S/C12H20ClNO4/c1-8(2)10(11(15)17-7-13)14-12(16)18-9-5-3-4-6-9/h8-10H,3-7H2,1-2H3,(H,14,16)/t10-/m0/s1. The van der Waals surface area contributed by atoms with Crippen LogP contribution in [0.15, 0.2) is 0 Å². The van der Waals surface area contributed by atoms with Gasteiger partial charge in [0.15, 0.2) is 6.07 Å². The van der Waals surface area contributed by atoms with Gasteiger partial charge in [-0.15, -0.1) is 0 Å². The number of alkyl carbamates (subject to hydrolysis) is 1. The summed E-state index contributed by atoms with van der Waals surface area (Å²) in [6.45, 7) is 3.63. The fraction of sp³-hybridized carbons (Fsp3) is 0.833. The lowest BCUT2D eigenvalue weighted by atomic mass is 10.1. The van der Waals surface area contributed by atoms with Gasteiger partial charge in [-0.1, -0.05) is 25.4 Å². The summed E-state index contributed by atoms with van der Waals surface area (Å²) in [7, 11) is 0. The van der Waals surface area contributed by atoms with Crippen LogP contribution in [0.5, 0.6) is 0 Å². The van der Waals surface area contributed by atoms with E-state index in [1.54, 1.807) is 0 Å². The number of amides is 1. The van der Waals surface area contributed by atoms with Crippen LogP contribution >= 0.6 is 11.6 Å². The number of hydrogen-bond donors (Lipinski definition) is 1. The number of rotatable bonds is 5. The first-order valence-electron chi connectivity index (χ1n) is 6.24. The Balaban J connectivity index is 2.44. The molecule has 0 radical (unpaired) electrons. The van der Waals surface area contributed by atoms with Crippen LogP contribution in [0, 0.1) is 5.92 Å². The molecule has 104 valence electrons. The van der Waals surface area contributed by atoms with Crippen molar-refractivity contribution in [1.29, 1.82) is 0 Å². The topological polar surface area (TPSA) is 64.6 Å². The van der Waals surface area contributed by atoms with E-state index in [-0.39, 0.29) is 18.1 Å². The van der Waals surface area contributed by atoms with Crippen LogP contribution in [-0.2, 0) is 14.3 Å². The van der Waals surface area contributed by atoms with Crippen molar-refractivity contribution < 1.29 is 19.1 Å². The highest BCUT2D eigenvalue weighted by Gasteiger charge is 2.27. The first kappa shape index (κ1) is 15.1. The number of nitrogens with one attached hydrogen (secondary N) is 1. The molecule has 1 atom stereocenters. The predicted molar refractivity (Wildman–Crippen MR) is 67.3 cm³/mol. The van der Waals surface area contributed by atoms with Gasteiger partial charge in [-0.05, 0) is 31.6 Å². The number of ether oxygens (including phenoxy) is 2. The Morgan fingerprint density at radius 2 is 1.94 bits per heavy atom. The molecule has 0 unspecified atom stereocenters. The quantitative estimate of drug-likeness (QED) is 0.619. The summed E-state index contributed by atoms with van der Waals surface area (Å²) < 4.78 is 9.92. The van der Waals surface area contributed by atoms with Crippen molar-refractivity contribution in [2.45, 2.75) is 51.7 Å². The Bertz CT molecular complexity index is 290. The number of carbonyl (C=O) groups is 2. The minimum atomic E-state index is -0.724. The largest absolute Gasteiger partial charge is 0.448 e. The molecule has 1 rings (SSSR count). The van der Waals surface area contributed by atoms with E-state index in [9.17, 15) is 9.59 Å². The van der Waals surface area contributed by atoms with Gasteiger partial charge in [-0.2, -0.15) is 0 Å². The van der Waals surface area contributed by atoms with Gasteiger partial charge in [0.2, 0.25) is 0 Å². The van der Waals surface area contributed by atoms with Gasteiger partial charge in [0.05, 0.1) is 0 Å². The maximum Gasteiger partial charge on any atom is 0.408 e. The van der Waals surface area contributed by atoms with Gasteiger partial charge in [-0.3, -0.25) is 0 Å². The normalized spacial score (nSPS) is 17.6. The zero-order valence-electron chi connectivity index (χ0n) is 10.8. The minimum absolute atomic E-state index is 0.0261. The lowest BCUT2D eigenvalue weighted by Crippen LogP contribution is -2.46. The average molecular weight is 278 g/mol. The van der Waals surface area contributed by atoms with Crippen molar-refractivity contribution in [2.75, 3.05) is 6.07 Å². The summed E-state index contributed by atoms with van der Waals surface area (Å²) in [5.41, 5.74) is 0. The fourth-order valence-corrected chi connectivity index (χ4v) is 2.07. The smallest absolute Gasteiger partial charge is 0.408 e. The molecule has 1 fully saturated rings. The van der Waals surface area contributed by atoms with Crippen LogP contribution in [0.1, 0.15) is 39.5 Å². The third kappa shape index (κ3) is 4.72. The van der Waals surface area contributed by atoms with E-state index in [1.165, 1.54) is 0 Å². The maximum atomic E-state index is 11.6. The summed E-state index contributed by atoms with van der Waals surface area (Å²) >= 11 is 5.33. The molecule has 0 spiro atoms. The molecule has 1 aliphatic carbocycles. The minimum Gasteiger partial charge on any atom is -0.448 e. The molecule has 18 heavy (non-hydrogen) atoms. The van der Waals surface area contributed by atoms with Gasteiger partial charge in [-0.25, -0.2) is 9.59 Å². The molecule has 1 N–H and O–H groups in total. The number of carbonyl (C=O) groups excluding carboxylic acids is 2. The Morgan fingerprint density at radius 3 is 2.44 bits per heavy atom. The Labute approximate surface area is 112 Å². The van der Waals surface area contributed by atoms with Gasteiger partial charge in [0.25, 0.3) is 0 Å². The second-order valence-corrected chi connectivity index (χ2v) is 4.97. The molecule has 1 aliphatic rings. The van der Waals surface area contributed by atoms with Crippen LogP contribution < -0.4 is 5.32 Å². The lowest BCUT2D eigenvalue weighted by molar-refractivity contribution is -0.145. The van der Waals surface area contributed by atoms with Crippen molar-refractivity contribution in [3.05, 3.63) is 0 Å². The van der Waals surface area contributed by atoms with E-state index in [0.29, 0.717) is 0 Å².